The number of benzene rings is 1. The number of methoxy groups -OCH3 is 1. The smallest absolute Gasteiger partial charge is 0.364 e. The largest absolute Gasteiger partial charge is 0.421 e. The van der Waals surface area contributed by atoms with Crippen molar-refractivity contribution in [3.05, 3.63) is 35.4 Å². The zero-order valence-corrected chi connectivity index (χ0v) is 8.80. The van der Waals surface area contributed by atoms with Crippen LogP contribution >= 0.6 is 0 Å². The molecular weight excluding hydrogens is 219 g/mol. The maximum Gasteiger partial charge on any atom is 0.421 e. The van der Waals surface area contributed by atoms with E-state index in [4.69, 9.17) is 5.26 Å². The van der Waals surface area contributed by atoms with Crippen LogP contribution in [-0.2, 0) is 10.3 Å². The predicted octanol–water partition coefficient (Wildman–Crippen LogP) is 2.98. The molecule has 0 heterocycles. The lowest BCUT2D eigenvalue weighted by Crippen LogP contribution is -2.41. The average Bonchev–Trinajstić information content (AvgIpc) is 2.26. The summed E-state index contributed by atoms with van der Waals surface area (Å²) in [7, 11) is 1.01. The average molecular weight is 229 g/mol. The van der Waals surface area contributed by atoms with Crippen LogP contribution in [0.15, 0.2) is 24.3 Å². The van der Waals surface area contributed by atoms with Crippen molar-refractivity contribution in [3.63, 3.8) is 0 Å². The minimum atomic E-state index is -4.50. The molecule has 0 N–H and O–H groups in total. The molecule has 0 aromatic heterocycles. The van der Waals surface area contributed by atoms with Crippen molar-refractivity contribution in [1.82, 2.24) is 0 Å². The minimum Gasteiger partial charge on any atom is -0.364 e. The second kappa shape index (κ2) is 4.14. The summed E-state index contributed by atoms with van der Waals surface area (Å²) in [6, 6.07) is 6.99. The summed E-state index contributed by atoms with van der Waals surface area (Å²) in [5.41, 5.74) is -2.06. The Labute approximate surface area is 91.3 Å². The van der Waals surface area contributed by atoms with Gasteiger partial charge in [-0.05, 0) is 24.6 Å². The van der Waals surface area contributed by atoms with Gasteiger partial charge in [0.15, 0.2) is 5.60 Å². The van der Waals surface area contributed by atoms with Gasteiger partial charge in [0.25, 0.3) is 0 Å². The van der Waals surface area contributed by atoms with Gasteiger partial charge in [-0.1, -0.05) is 12.1 Å². The molecule has 0 saturated carbocycles. The molecule has 1 aromatic carbocycles. The second-order valence-electron chi connectivity index (χ2n) is 3.42. The maximum absolute atomic E-state index is 12.8. The van der Waals surface area contributed by atoms with E-state index in [0.717, 1.165) is 14.0 Å². The molecule has 2 nitrogen and oxygen atoms in total. The third-order valence-corrected chi connectivity index (χ3v) is 2.51. The lowest BCUT2D eigenvalue weighted by molar-refractivity contribution is -0.269. The molecule has 0 unspecified atom stereocenters. The van der Waals surface area contributed by atoms with Crippen molar-refractivity contribution in [2.45, 2.75) is 18.7 Å². The highest BCUT2D eigenvalue weighted by Gasteiger charge is 2.52. The van der Waals surface area contributed by atoms with Gasteiger partial charge in [-0.2, -0.15) is 18.4 Å². The van der Waals surface area contributed by atoms with Crippen LogP contribution in [0.3, 0.4) is 0 Å². The Morgan fingerprint density at radius 3 is 2.00 bits per heavy atom. The van der Waals surface area contributed by atoms with E-state index in [1.165, 1.54) is 24.3 Å². The first-order chi connectivity index (χ1) is 7.35. The van der Waals surface area contributed by atoms with Gasteiger partial charge in [-0.3, -0.25) is 0 Å². The fourth-order valence-electron chi connectivity index (χ4n) is 1.26. The quantitative estimate of drug-likeness (QED) is 0.781. The van der Waals surface area contributed by atoms with Crippen LogP contribution < -0.4 is 0 Å². The first-order valence-electron chi connectivity index (χ1n) is 4.47. The summed E-state index contributed by atoms with van der Waals surface area (Å²) in [5.74, 6) is 0. The van der Waals surface area contributed by atoms with Crippen molar-refractivity contribution in [2.75, 3.05) is 7.11 Å². The molecule has 0 fully saturated rings. The highest BCUT2D eigenvalue weighted by Crippen LogP contribution is 2.41. The highest BCUT2D eigenvalue weighted by atomic mass is 19.4. The van der Waals surface area contributed by atoms with Gasteiger partial charge in [0.2, 0.25) is 0 Å². The summed E-state index contributed by atoms with van der Waals surface area (Å²) < 4.78 is 42.9. The Bertz CT molecular complexity index is 405. The standard InChI is InChI=1S/C11H10F3NO/c1-10(16-2,11(12,13)14)9-5-3-8(7-15)4-6-9/h3-6H,1-2H3/t10-/m0/s1. The number of halogens is 3. The van der Waals surface area contributed by atoms with Crippen LogP contribution in [0.5, 0.6) is 0 Å². The summed E-state index contributed by atoms with van der Waals surface area (Å²) in [4.78, 5) is 0. The van der Waals surface area contributed by atoms with Gasteiger partial charge in [-0.15, -0.1) is 0 Å². The fraction of sp³-hybridized carbons (Fsp3) is 0.364. The Balaban J connectivity index is 3.20. The van der Waals surface area contributed by atoms with Crippen LogP contribution in [0.1, 0.15) is 18.1 Å². The minimum absolute atomic E-state index is 0.0264. The SMILES string of the molecule is CO[C@@](C)(c1ccc(C#N)cc1)C(F)(F)F. The summed E-state index contributed by atoms with van der Waals surface area (Å²) in [5, 5.41) is 8.54. The zero-order valence-electron chi connectivity index (χ0n) is 8.80. The van der Waals surface area contributed by atoms with Gasteiger partial charge in [0.1, 0.15) is 0 Å². The molecule has 5 heteroatoms. The predicted molar refractivity (Wildman–Crippen MR) is 51.6 cm³/mol. The number of alkyl halides is 3. The van der Waals surface area contributed by atoms with Crippen molar-refractivity contribution in [3.8, 4) is 6.07 Å². The molecule has 16 heavy (non-hydrogen) atoms. The summed E-state index contributed by atoms with van der Waals surface area (Å²) >= 11 is 0. The molecule has 0 aliphatic heterocycles. The van der Waals surface area contributed by atoms with E-state index in [2.05, 4.69) is 4.74 Å². The molecule has 1 rings (SSSR count). The molecule has 0 bridgehead atoms. The van der Waals surface area contributed by atoms with E-state index < -0.39 is 11.8 Å². The van der Waals surface area contributed by atoms with E-state index in [-0.39, 0.29) is 5.56 Å². The van der Waals surface area contributed by atoms with Crippen molar-refractivity contribution in [1.29, 1.82) is 5.26 Å². The van der Waals surface area contributed by atoms with Gasteiger partial charge in [-0.25, -0.2) is 0 Å². The van der Waals surface area contributed by atoms with Gasteiger partial charge < -0.3 is 4.74 Å². The lowest BCUT2D eigenvalue weighted by atomic mass is 9.94. The Hall–Kier alpha value is -1.54. The van der Waals surface area contributed by atoms with E-state index in [0.29, 0.717) is 5.56 Å². The van der Waals surface area contributed by atoms with E-state index in [9.17, 15) is 13.2 Å². The fourth-order valence-corrected chi connectivity index (χ4v) is 1.26. The normalized spacial score (nSPS) is 15.2. The number of hydrogen-bond donors (Lipinski definition) is 0. The molecular formula is C11H10F3NO. The first-order valence-corrected chi connectivity index (χ1v) is 4.47. The summed E-state index contributed by atoms with van der Waals surface area (Å²) in [6.45, 7) is 0.953. The van der Waals surface area contributed by atoms with Gasteiger partial charge in [0.05, 0.1) is 11.6 Å². The molecule has 1 aromatic rings. The van der Waals surface area contributed by atoms with Gasteiger partial charge >= 0.3 is 6.18 Å². The van der Waals surface area contributed by atoms with Crippen LogP contribution in [0, 0.1) is 11.3 Å². The number of hydrogen-bond acceptors (Lipinski definition) is 2. The molecule has 0 saturated heterocycles. The highest BCUT2D eigenvalue weighted by molar-refractivity contribution is 5.34. The molecule has 1 atom stereocenters. The molecule has 86 valence electrons. The van der Waals surface area contributed by atoms with Crippen LogP contribution in [-0.4, -0.2) is 13.3 Å². The van der Waals surface area contributed by atoms with E-state index in [1.807, 2.05) is 6.07 Å². The van der Waals surface area contributed by atoms with Crippen LogP contribution in [0.2, 0.25) is 0 Å². The Morgan fingerprint density at radius 2 is 1.69 bits per heavy atom. The molecule has 0 radical (unpaired) electrons. The van der Waals surface area contributed by atoms with Crippen molar-refractivity contribution >= 4 is 0 Å². The van der Waals surface area contributed by atoms with Crippen LogP contribution in [0.25, 0.3) is 0 Å². The Kier molecular flexibility index (Phi) is 3.24. The lowest BCUT2D eigenvalue weighted by Gasteiger charge is -2.30. The van der Waals surface area contributed by atoms with Crippen molar-refractivity contribution < 1.29 is 17.9 Å². The molecule has 0 aliphatic carbocycles. The first kappa shape index (κ1) is 12.5. The summed E-state index contributed by atoms with van der Waals surface area (Å²) in [6.07, 6.45) is -4.50. The molecule has 0 aliphatic rings. The number of nitrogens with zero attached hydrogens (tertiary/aromatic N) is 1. The van der Waals surface area contributed by atoms with E-state index in [1.54, 1.807) is 0 Å². The van der Waals surface area contributed by atoms with Gasteiger partial charge in [0, 0.05) is 7.11 Å². The van der Waals surface area contributed by atoms with Crippen molar-refractivity contribution in [2.24, 2.45) is 0 Å². The monoisotopic (exact) mass is 229 g/mol. The second-order valence-corrected chi connectivity index (χ2v) is 3.42. The third-order valence-electron chi connectivity index (χ3n) is 2.51. The topological polar surface area (TPSA) is 33.0 Å². The van der Waals surface area contributed by atoms with E-state index >= 15 is 0 Å². The third kappa shape index (κ3) is 2.02. The molecule has 0 amide bonds. The number of ether oxygens (including phenoxy) is 1. The Morgan fingerprint density at radius 1 is 1.19 bits per heavy atom. The number of nitriles is 1. The number of rotatable bonds is 2. The zero-order chi connectivity index (χ0) is 12.4. The van der Waals surface area contributed by atoms with Crippen LogP contribution in [0.4, 0.5) is 13.2 Å². The molecule has 0 spiro atoms. The maximum atomic E-state index is 12.8.